The summed E-state index contributed by atoms with van der Waals surface area (Å²) in [5, 5.41) is 18.3. The largest absolute Gasteiger partial charge is 0.497 e. The molecule has 0 aliphatic carbocycles. The number of benzene rings is 3. The molecule has 2 aromatic heterocycles. The first-order valence-electron chi connectivity index (χ1n) is 11.5. The van der Waals surface area contributed by atoms with Crippen molar-refractivity contribution in [3.05, 3.63) is 77.2 Å². The smallest absolute Gasteiger partial charge is 0.342 e. The van der Waals surface area contributed by atoms with Gasteiger partial charge in [0.1, 0.15) is 22.2 Å². The highest BCUT2D eigenvalue weighted by atomic mass is 32.2. The summed E-state index contributed by atoms with van der Waals surface area (Å²) in [6, 6.07) is 20.7. The normalized spacial score (nSPS) is 11.5. The van der Waals surface area contributed by atoms with E-state index in [1.165, 1.54) is 0 Å². The maximum atomic E-state index is 12.4. The van der Waals surface area contributed by atoms with E-state index in [-0.39, 0.29) is 10.1 Å². The van der Waals surface area contributed by atoms with Crippen molar-refractivity contribution in [2.45, 2.75) is 5.16 Å². The van der Waals surface area contributed by atoms with Crippen molar-refractivity contribution in [1.82, 2.24) is 20.2 Å². The third kappa shape index (κ3) is 5.07. The van der Waals surface area contributed by atoms with Crippen LogP contribution in [0, 0.1) is 0 Å². The molecule has 0 amide bonds. The van der Waals surface area contributed by atoms with Crippen molar-refractivity contribution in [2.24, 2.45) is 0 Å². The number of ether oxygens (including phenoxy) is 3. The van der Waals surface area contributed by atoms with Gasteiger partial charge in [-0.25, -0.2) is 9.78 Å². The molecule has 0 radical (unpaired) electrons. The number of carboxylic acids is 1. The van der Waals surface area contributed by atoms with Gasteiger partial charge >= 0.3 is 5.97 Å². The zero-order chi connectivity index (χ0) is 26.6. The van der Waals surface area contributed by atoms with Crippen LogP contribution in [0.3, 0.4) is 0 Å². The number of nitrogens with zero attached hydrogens (tertiary/aromatic N) is 2. The Hall–Kier alpha value is -4.70. The average molecular weight is 529 g/mol. The first-order chi connectivity index (χ1) is 18.5. The summed E-state index contributed by atoms with van der Waals surface area (Å²) in [4.78, 5) is 20.3. The van der Waals surface area contributed by atoms with Crippen LogP contribution in [0.4, 0.5) is 0 Å². The van der Waals surface area contributed by atoms with E-state index < -0.39 is 5.97 Å². The van der Waals surface area contributed by atoms with Gasteiger partial charge in [0, 0.05) is 28.1 Å². The Bertz CT molecular complexity index is 1620. The molecule has 0 atom stereocenters. The molecule has 0 fully saturated rings. The summed E-state index contributed by atoms with van der Waals surface area (Å²) in [6.07, 6.45) is 1.64. The minimum atomic E-state index is -1.10. The summed E-state index contributed by atoms with van der Waals surface area (Å²) < 4.78 is 16.1. The van der Waals surface area contributed by atoms with Gasteiger partial charge in [0.05, 0.1) is 27.0 Å². The van der Waals surface area contributed by atoms with Crippen LogP contribution in [-0.4, -0.2) is 52.6 Å². The lowest BCUT2D eigenvalue weighted by molar-refractivity contribution is -0.131. The number of methoxy groups -OCH3 is 3. The lowest BCUT2D eigenvalue weighted by Gasteiger charge is -2.06. The fourth-order valence-corrected chi connectivity index (χ4v) is 4.72. The van der Waals surface area contributed by atoms with Gasteiger partial charge in [0.25, 0.3) is 0 Å². The number of rotatable bonds is 9. The van der Waals surface area contributed by atoms with Gasteiger partial charge in [-0.2, -0.15) is 0 Å². The molecule has 0 spiro atoms. The number of aromatic nitrogens is 4. The lowest BCUT2D eigenvalue weighted by atomic mass is 10.0. The van der Waals surface area contributed by atoms with E-state index in [9.17, 15) is 9.90 Å². The Kier molecular flexibility index (Phi) is 7.05. The van der Waals surface area contributed by atoms with Crippen LogP contribution in [0.5, 0.6) is 17.2 Å². The van der Waals surface area contributed by atoms with E-state index in [0.29, 0.717) is 28.6 Å². The number of hydrogen-bond acceptors (Lipinski definition) is 7. The van der Waals surface area contributed by atoms with Gasteiger partial charge < -0.3 is 24.3 Å². The Morgan fingerprint density at radius 2 is 1.61 bits per heavy atom. The zero-order valence-electron chi connectivity index (χ0n) is 20.8. The molecule has 0 saturated carbocycles. The number of thioether (sulfide) groups is 1. The third-order valence-electron chi connectivity index (χ3n) is 5.89. The maximum absolute atomic E-state index is 12.4. The van der Waals surface area contributed by atoms with Crippen molar-refractivity contribution in [3.8, 4) is 39.9 Å². The Balaban J connectivity index is 1.56. The highest BCUT2D eigenvalue weighted by Crippen LogP contribution is 2.37. The molecule has 3 aromatic carbocycles. The van der Waals surface area contributed by atoms with E-state index in [1.54, 1.807) is 45.6 Å². The van der Waals surface area contributed by atoms with Crippen molar-refractivity contribution >= 4 is 34.7 Å². The second-order valence-electron chi connectivity index (χ2n) is 8.17. The number of carbonyl (C=O) groups is 1. The van der Waals surface area contributed by atoms with E-state index in [1.807, 2.05) is 48.5 Å². The minimum Gasteiger partial charge on any atom is -0.497 e. The molecule has 0 aliphatic rings. The molecule has 0 saturated heterocycles. The Morgan fingerprint density at radius 1 is 0.895 bits per heavy atom. The third-order valence-corrected chi connectivity index (χ3v) is 6.76. The molecule has 3 N–H and O–H groups in total. The number of nitrogens with one attached hydrogen (secondary N) is 2. The second kappa shape index (κ2) is 10.7. The SMILES string of the molecule is COc1cc(OC)cc(-c2nc(S/C(=C\c3c(-c4ccccc4)[nH]c4ccc(OC)cc34)C(=O)O)n[nH]2)c1. The monoisotopic (exact) mass is 528 g/mol. The molecular formula is C28H24N4O5S. The molecule has 192 valence electrons. The maximum Gasteiger partial charge on any atom is 0.342 e. The fraction of sp³-hybridized carbons (Fsp3) is 0.107. The number of H-pyrrole nitrogens is 2. The first kappa shape index (κ1) is 25.0. The Morgan fingerprint density at radius 3 is 2.26 bits per heavy atom. The first-order valence-corrected chi connectivity index (χ1v) is 12.3. The molecule has 0 bridgehead atoms. The topological polar surface area (TPSA) is 122 Å². The minimum absolute atomic E-state index is 0.0553. The average Bonchev–Trinajstić information content (AvgIpc) is 3.57. The molecule has 2 heterocycles. The number of carboxylic acid groups (broad SMARTS) is 1. The van der Waals surface area contributed by atoms with Gasteiger partial charge in [0.2, 0.25) is 5.16 Å². The Labute approximate surface area is 222 Å². The summed E-state index contributed by atoms with van der Waals surface area (Å²) in [5.41, 5.74) is 4.00. The summed E-state index contributed by atoms with van der Waals surface area (Å²) in [6.45, 7) is 0. The van der Waals surface area contributed by atoms with Crippen LogP contribution < -0.4 is 14.2 Å². The van der Waals surface area contributed by atoms with E-state index in [4.69, 9.17) is 14.2 Å². The summed E-state index contributed by atoms with van der Waals surface area (Å²) in [5.74, 6) is 1.22. The standard InChI is InChI=1S/C28H24N4O5S/c1-35-18-9-10-23-21(14-18)22(25(29-23)16-7-5-4-6-8-16)15-24(27(33)34)38-28-30-26(31-32-28)17-11-19(36-2)13-20(12-17)37-3/h4-15,29H,1-3H3,(H,33,34)(H,30,31,32)/b24-15-. The molecule has 10 heteroatoms. The molecule has 38 heavy (non-hydrogen) atoms. The van der Waals surface area contributed by atoms with Gasteiger partial charge in [-0.3, -0.25) is 5.10 Å². The molecule has 0 unspecified atom stereocenters. The number of aromatic amines is 2. The zero-order valence-corrected chi connectivity index (χ0v) is 21.6. The van der Waals surface area contributed by atoms with Crippen LogP contribution in [-0.2, 0) is 4.79 Å². The van der Waals surface area contributed by atoms with E-state index >= 15 is 0 Å². The van der Waals surface area contributed by atoms with Gasteiger partial charge in [-0.1, -0.05) is 30.3 Å². The number of hydrogen-bond donors (Lipinski definition) is 3. The molecule has 5 rings (SSSR count). The summed E-state index contributed by atoms with van der Waals surface area (Å²) >= 11 is 0.953. The molecular weight excluding hydrogens is 504 g/mol. The van der Waals surface area contributed by atoms with Crippen molar-refractivity contribution in [1.29, 1.82) is 0 Å². The predicted molar refractivity (Wildman–Crippen MR) is 147 cm³/mol. The van der Waals surface area contributed by atoms with Crippen molar-refractivity contribution < 1.29 is 24.1 Å². The molecule has 5 aromatic rings. The van der Waals surface area contributed by atoms with Crippen molar-refractivity contribution in [2.75, 3.05) is 21.3 Å². The molecule has 0 aliphatic heterocycles. The second-order valence-corrected chi connectivity index (χ2v) is 9.18. The number of aliphatic carboxylic acids is 1. The summed E-state index contributed by atoms with van der Waals surface area (Å²) in [7, 11) is 4.72. The highest BCUT2D eigenvalue weighted by Gasteiger charge is 2.19. The van der Waals surface area contributed by atoms with E-state index in [0.717, 1.165) is 39.5 Å². The van der Waals surface area contributed by atoms with Crippen LogP contribution >= 0.6 is 11.8 Å². The van der Waals surface area contributed by atoms with Crippen LogP contribution in [0.15, 0.2) is 76.8 Å². The highest BCUT2D eigenvalue weighted by molar-refractivity contribution is 8.04. The van der Waals surface area contributed by atoms with Crippen LogP contribution in [0.1, 0.15) is 5.56 Å². The number of fused-ring (bicyclic) bond motifs is 1. The van der Waals surface area contributed by atoms with Gasteiger partial charge in [-0.15, -0.1) is 5.10 Å². The predicted octanol–water partition coefficient (Wildman–Crippen LogP) is 5.86. The van der Waals surface area contributed by atoms with Crippen molar-refractivity contribution in [3.63, 3.8) is 0 Å². The van der Waals surface area contributed by atoms with Crippen LogP contribution in [0.25, 0.3) is 39.6 Å². The quantitative estimate of drug-likeness (QED) is 0.161. The lowest BCUT2D eigenvalue weighted by Crippen LogP contribution is -1.97. The van der Waals surface area contributed by atoms with Gasteiger partial charge in [0.15, 0.2) is 5.82 Å². The molecule has 9 nitrogen and oxygen atoms in total. The van der Waals surface area contributed by atoms with Crippen LogP contribution in [0.2, 0.25) is 0 Å². The van der Waals surface area contributed by atoms with Gasteiger partial charge in [-0.05, 0) is 53.7 Å². The van der Waals surface area contributed by atoms with E-state index in [2.05, 4.69) is 20.2 Å². The fourth-order valence-electron chi connectivity index (χ4n) is 4.03.